The second kappa shape index (κ2) is 5.29. The van der Waals surface area contributed by atoms with Gasteiger partial charge in [-0.1, -0.05) is 43.1 Å². The Morgan fingerprint density at radius 2 is 2.18 bits per heavy atom. The van der Waals surface area contributed by atoms with Crippen LogP contribution in [0.4, 0.5) is 0 Å². The van der Waals surface area contributed by atoms with Crippen LogP contribution in [0.15, 0.2) is 33.3 Å². The van der Waals surface area contributed by atoms with Crippen LogP contribution in [0.5, 0.6) is 0 Å². The molecule has 0 radical (unpaired) electrons. The van der Waals surface area contributed by atoms with Crippen LogP contribution in [0.3, 0.4) is 0 Å². The zero-order chi connectivity index (χ0) is 12.4. The van der Waals surface area contributed by atoms with Crippen molar-refractivity contribution in [2.24, 2.45) is 0 Å². The maximum absolute atomic E-state index is 10.3. The zero-order valence-electron chi connectivity index (χ0n) is 9.14. The van der Waals surface area contributed by atoms with E-state index in [0.717, 1.165) is 14.5 Å². The quantitative estimate of drug-likeness (QED) is 0.915. The second-order valence-electron chi connectivity index (χ2n) is 3.54. The number of aryl methyl sites for hydroxylation is 1. The number of aliphatic hydroxyl groups excluding tert-OH is 1. The average Bonchev–Trinajstić information content (AvgIpc) is 2.76. The fourth-order valence-corrected chi connectivity index (χ4v) is 2.87. The van der Waals surface area contributed by atoms with Crippen molar-refractivity contribution in [2.45, 2.75) is 19.6 Å². The van der Waals surface area contributed by atoms with Crippen molar-refractivity contribution < 1.29 is 5.11 Å². The van der Waals surface area contributed by atoms with Crippen molar-refractivity contribution in [2.75, 3.05) is 0 Å². The van der Waals surface area contributed by atoms with Crippen LogP contribution in [0.1, 0.15) is 24.3 Å². The summed E-state index contributed by atoms with van der Waals surface area (Å²) in [6, 6.07) is 5.66. The smallest absolute Gasteiger partial charge is 0.123 e. The molecule has 1 N–H and O–H groups in total. The van der Waals surface area contributed by atoms with Crippen molar-refractivity contribution in [1.82, 2.24) is 15.0 Å². The first-order valence-electron chi connectivity index (χ1n) is 5.15. The Morgan fingerprint density at radius 3 is 2.82 bits per heavy atom. The second-order valence-corrected chi connectivity index (χ2v) is 5.31. The van der Waals surface area contributed by atoms with E-state index in [9.17, 15) is 5.11 Å². The van der Waals surface area contributed by atoms with Crippen molar-refractivity contribution >= 4 is 31.9 Å². The molecule has 6 heteroatoms. The van der Waals surface area contributed by atoms with E-state index in [0.29, 0.717) is 12.2 Å². The minimum Gasteiger partial charge on any atom is -0.382 e. The van der Waals surface area contributed by atoms with E-state index in [4.69, 9.17) is 0 Å². The van der Waals surface area contributed by atoms with E-state index in [-0.39, 0.29) is 0 Å². The molecular formula is C11H11Br2N3O. The monoisotopic (exact) mass is 359 g/mol. The lowest BCUT2D eigenvalue weighted by molar-refractivity contribution is 0.207. The van der Waals surface area contributed by atoms with Crippen molar-refractivity contribution in [3.8, 4) is 0 Å². The Balaban J connectivity index is 2.40. The van der Waals surface area contributed by atoms with E-state index in [1.54, 1.807) is 10.9 Å². The van der Waals surface area contributed by atoms with Gasteiger partial charge in [-0.15, -0.1) is 5.10 Å². The SMILES string of the molecule is CCn1nncc1C(O)c1ccc(Br)cc1Br. The predicted octanol–water partition coefficient (Wildman–Crippen LogP) is 2.90. The van der Waals surface area contributed by atoms with E-state index < -0.39 is 6.10 Å². The summed E-state index contributed by atoms with van der Waals surface area (Å²) in [5.41, 5.74) is 1.49. The number of nitrogens with zero attached hydrogens (tertiary/aromatic N) is 3. The molecule has 0 amide bonds. The van der Waals surface area contributed by atoms with Crippen LogP contribution in [0, 0.1) is 0 Å². The molecule has 0 aliphatic carbocycles. The summed E-state index contributed by atoms with van der Waals surface area (Å²) in [4.78, 5) is 0. The molecule has 2 rings (SSSR count). The molecule has 1 atom stereocenters. The summed E-state index contributed by atoms with van der Waals surface area (Å²) in [6.07, 6.45) is 0.857. The van der Waals surface area contributed by atoms with Gasteiger partial charge in [-0.2, -0.15) is 0 Å². The lowest BCUT2D eigenvalue weighted by Crippen LogP contribution is -2.09. The highest BCUT2D eigenvalue weighted by molar-refractivity contribution is 9.11. The third-order valence-corrected chi connectivity index (χ3v) is 3.66. The standard InChI is InChI=1S/C11H11Br2N3O/c1-2-16-10(6-14-15-16)11(17)8-4-3-7(12)5-9(8)13/h3-6,11,17H,2H2,1H3. The van der Waals surface area contributed by atoms with Crippen LogP contribution in [-0.2, 0) is 6.54 Å². The third-order valence-electron chi connectivity index (χ3n) is 2.48. The van der Waals surface area contributed by atoms with E-state index in [1.165, 1.54) is 0 Å². The number of benzene rings is 1. The van der Waals surface area contributed by atoms with Crippen LogP contribution in [0.2, 0.25) is 0 Å². The van der Waals surface area contributed by atoms with E-state index >= 15 is 0 Å². The molecule has 1 aromatic heterocycles. The molecular weight excluding hydrogens is 350 g/mol. The molecule has 2 aromatic rings. The number of hydrogen-bond acceptors (Lipinski definition) is 3. The van der Waals surface area contributed by atoms with Gasteiger partial charge in [0, 0.05) is 21.1 Å². The minimum atomic E-state index is -0.729. The molecule has 0 saturated heterocycles. The molecule has 0 spiro atoms. The summed E-state index contributed by atoms with van der Waals surface area (Å²) >= 11 is 6.82. The maximum Gasteiger partial charge on any atom is 0.123 e. The summed E-state index contributed by atoms with van der Waals surface area (Å²) in [5, 5.41) is 18.0. The first-order valence-corrected chi connectivity index (χ1v) is 6.73. The predicted molar refractivity (Wildman–Crippen MR) is 71.6 cm³/mol. The lowest BCUT2D eigenvalue weighted by atomic mass is 10.1. The average molecular weight is 361 g/mol. The van der Waals surface area contributed by atoms with Crippen molar-refractivity contribution in [3.63, 3.8) is 0 Å². The molecule has 1 heterocycles. The molecule has 0 saturated carbocycles. The van der Waals surface area contributed by atoms with Gasteiger partial charge in [0.1, 0.15) is 6.10 Å². The molecule has 90 valence electrons. The maximum atomic E-state index is 10.3. The molecule has 0 bridgehead atoms. The fourth-order valence-electron chi connectivity index (χ4n) is 1.61. The molecule has 1 unspecified atom stereocenters. The summed E-state index contributed by atoms with van der Waals surface area (Å²) < 4.78 is 3.49. The number of rotatable bonds is 3. The number of halogens is 2. The van der Waals surface area contributed by atoms with E-state index in [1.807, 2.05) is 25.1 Å². The van der Waals surface area contributed by atoms with Crippen LogP contribution >= 0.6 is 31.9 Å². The molecule has 1 aromatic carbocycles. The zero-order valence-corrected chi connectivity index (χ0v) is 12.3. The summed E-state index contributed by atoms with van der Waals surface area (Å²) in [5.74, 6) is 0. The topological polar surface area (TPSA) is 50.9 Å². The highest BCUT2D eigenvalue weighted by Gasteiger charge is 2.18. The number of hydrogen-bond donors (Lipinski definition) is 1. The third kappa shape index (κ3) is 2.59. The van der Waals surface area contributed by atoms with Crippen LogP contribution < -0.4 is 0 Å². The first kappa shape index (κ1) is 12.7. The Morgan fingerprint density at radius 1 is 1.41 bits per heavy atom. The highest BCUT2D eigenvalue weighted by Crippen LogP contribution is 2.30. The summed E-state index contributed by atoms with van der Waals surface area (Å²) in [7, 11) is 0. The van der Waals surface area contributed by atoms with E-state index in [2.05, 4.69) is 42.2 Å². The van der Waals surface area contributed by atoms with Crippen molar-refractivity contribution in [3.05, 3.63) is 44.6 Å². The number of aliphatic hydroxyl groups is 1. The summed E-state index contributed by atoms with van der Waals surface area (Å²) in [6.45, 7) is 2.64. The molecule has 0 aliphatic rings. The molecule has 0 aliphatic heterocycles. The molecule has 0 fully saturated rings. The fraction of sp³-hybridized carbons (Fsp3) is 0.273. The van der Waals surface area contributed by atoms with Crippen LogP contribution in [-0.4, -0.2) is 20.1 Å². The molecule has 17 heavy (non-hydrogen) atoms. The number of aromatic nitrogens is 3. The Hall–Kier alpha value is -0.720. The van der Waals surface area contributed by atoms with Gasteiger partial charge in [-0.05, 0) is 19.1 Å². The Kier molecular flexibility index (Phi) is 3.96. The van der Waals surface area contributed by atoms with Gasteiger partial charge in [0.05, 0.1) is 11.9 Å². The molecule has 4 nitrogen and oxygen atoms in total. The van der Waals surface area contributed by atoms with Gasteiger partial charge >= 0.3 is 0 Å². The minimum absolute atomic E-state index is 0.681. The normalized spacial score (nSPS) is 12.7. The van der Waals surface area contributed by atoms with Gasteiger partial charge in [0.25, 0.3) is 0 Å². The Bertz CT molecular complexity index is 527. The highest BCUT2D eigenvalue weighted by atomic mass is 79.9. The first-order chi connectivity index (χ1) is 8.13. The van der Waals surface area contributed by atoms with Gasteiger partial charge in [-0.3, -0.25) is 0 Å². The van der Waals surface area contributed by atoms with Crippen molar-refractivity contribution in [1.29, 1.82) is 0 Å². The van der Waals surface area contributed by atoms with Gasteiger partial charge in [-0.25, -0.2) is 4.68 Å². The van der Waals surface area contributed by atoms with Crippen LogP contribution in [0.25, 0.3) is 0 Å². The Labute approximate surface area is 116 Å². The van der Waals surface area contributed by atoms with Gasteiger partial charge < -0.3 is 5.11 Å². The van der Waals surface area contributed by atoms with Gasteiger partial charge in [0.2, 0.25) is 0 Å². The van der Waals surface area contributed by atoms with Gasteiger partial charge in [0.15, 0.2) is 0 Å². The lowest BCUT2D eigenvalue weighted by Gasteiger charge is -2.13. The largest absolute Gasteiger partial charge is 0.382 e.